The molecule has 2 aromatic rings. The number of benzene rings is 2. The Kier molecular flexibility index (Phi) is 6.90. The minimum absolute atomic E-state index is 0.112. The normalized spacial score (nSPS) is 14.1. The van der Waals surface area contributed by atoms with E-state index in [0.717, 1.165) is 11.3 Å². The molecule has 0 aromatic heterocycles. The van der Waals surface area contributed by atoms with Crippen LogP contribution in [-0.4, -0.2) is 43.1 Å². The molecule has 158 valence electrons. The van der Waals surface area contributed by atoms with Gasteiger partial charge in [-0.25, -0.2) is 0 Å². The minimum atomic E-state index is -0.321. The highest BCUT2D eigenvalue weighted by Gasteiger charge is 2.39. The number of amides is 2. The second-order valence-corrected chi connectivity index (χ2v) is 7.45. The third-order valence-corrected chi connectivity index (χ3v) is 4.93. The first-order valence-corrected chi connectivity index (χ1v) is 10.1. The number of nitrogens with zero attached hydrogens (tertiary/aromatic N) is 1. The Morgan fingerprint density at radius 3 is 2.33 bits per heavy atom. The highest BCUT2D eigenvalue weighted by atomic mass is 16.5. The number of methoxy groups -OCH3 is 1. The van der Waals surface area contributed by atoms with Crippen LogP contribution in [0.5, 0.6) is 5.75 Å². The maximum atomic E-state index is 13.2. The van der Waals surface area contributed by atoms with E-state index >= 15 is 0 Å². The fourth-order valence-corrected chi connectivity index (χ4v) is 3.31. The van der Waals surface area contributed by atoms with Crippen molar-refractivity contribution in [3.05, 3.63) is 65.4 Å². The topological polar surface area (TPSA) is 67.9 Å². The molecule has 0 aliphatic carbocycles. The van der Waals surface area contributed by atoms with Crippen LogP contribution in [-0.2, 0) is 14.3 Å². The van der Waals surface area contributed by atoms with Crippen molar-refractivity contribution < 1.29 is 19.1 Å². The lowest BCUT2D eigenvalue weighted by Gasteiger charge is -2.16. The second-order valence-electron chi connectivity index (χ2n) is 7.45. The zero-order valence-corrected chi connectivity index (χ0v) is 17.9. The third-order valence-electron chi connectivity index (χ3n) is 4.93. The average molecular weight is 408 g/mol. The summed E-state index contributed by atoms with van der Waals surface area (Å²) in [5.74, 6) is 0.0663. The van der Waals surface area contributed by atoms with Crippen molar-refractivity contribution in [3.8, 4) is 5.75 Å². The van der Waals surface area contributed by atoms with Crippen molar-refractivity contribution in [1.29, 1.82) is 0 Å². The maximum absolute atomic E-state index is 13.2. The number of aryl methyl sites for hydroxylation is 1. The van der Waals surface area contributed by atoms with Crippen molar-refractivity contribution in [2.45, 2.75) is 33.3 Å². The zero-order chi connectivity index (χ0) is 21.7. The van der Waals surface area contributed by atoms with Gasteiger partial charge in [0, 0.05) is 18.8 Å². The summed E-state index contributed by atoms with van der Waals surface area (Å²) in [5, 5.41) is 3.21. The van der Waals surface area contributed by atoms with Gasteiger partial charge in [0.1, 0.15) is 11.4 Å². The van der Waals surface area contributed by atoms with E-state index in [2.05, 4.69) is 5.32 Å². The van der Waals surface area contributed by atoms with Gasteiger partial charge < -0.3 is 14.8 Å². The van der Waals surface area contributed by atoms with Gasteiger partial charge in [0.25, 0.3) is 11.8 Å². The van der Waals surface area contributed by atoms with Crippen LogP contribution in [0.4, 0.5) is 5.69 Å². The van der Waals surface area contributed by atoms with E-state index in [4.69, 9.17) is 9.47 Å². The van der Waals surface area contributed by atoms with Gasteiger partial charge in [0.05, 0.1) is 18.8 Å². The Morgan fingerprint density at radius 2 is 1.70 bits per heavy atom. The molecule has 0 radical (unpaired) electrons. The number of carbonyl (C=O) groups excluding carboxylic acids is 2. The summed E-state index contributed by atoms with van der Waals surface area (Å²) in [4.78, 5) is 27.7. The molecule has 1 aliphatic rings. The van der Waals surface area contributed by atoms with E-state index in [9.17, 15) is 9.59 Å². The molecule has 6 heteroatoms. The van der Waals surface area contributed by atoms with E-state index in [0.29, 0.717) is 42.2 Å². The van der Waals surface area contributed by atoms with Gasteiger partial charge in [-0.15, -0.1) is 0 Å². The molecule has 0 bridgehead atoms. The van der Waals surface area contributed by atoms with E-state index in [1.165, 1.54) is 4.90 Å². The largest absolute Gasteiger partial charge is 0.497 e. The number of hydrogen-bond donors (Lipinski definition) is 1. The Balaban J connectivity index is 1.92. The molecule has 0 fully saturated rings. The lowest BCUT2D eigenvalue weighted by molar-refractivity contribution is -0.137. The number of rotatable bonds is 9. The number of carbonyl (C=O) groups is 2. The highest BCUT2D eigenvalue weighted by Crippen LogP contribution is 2.32. The smallest absolute Gasteiger partial charge is 0.278 e. The molecule has 0 atom stereocenters. The molecule has 0 unspecified atom stereocenters. The molecule has 0 spiro atoms. The summed E-state index contributed by atoms with van der Waals surface area (Å²) in [6.45, 7) is 6.67. The van der Waals surface area contributed by atoms with Crippen LogP contribution in [0.3, 0.4) is 0 Å². The molecule has 1 N–H and O–H groups in total. The van der Waals surface area contributed by atoms with Crippen LogP contribution >= 0.6 is 0 Å². The summed E-state index contributed by atoms with van der Waals surface area (Å²) in [7, 11) is 1.59. The second kappa shape index (κ2) is 9.59. The predicted molar refractivity (Wildman–Crippen MR) is 117 cm³/mol. The molecular formula is C24H28N2O4. The molecule has 2 aromatic carbocycles. The molecule has 6 nitrogen and oxygen atoms in total. The van der Waals surface area contributed by atoms with Crippen molar-refractivity contribution in [3.63, 3.8) is 0 Å². The van der Waals surface area contributed by atoms with Gasteiger partial charge in [-0.1, -0.05) is 30.3 Å². The summed E-state index contributed by atoms with van der Waals surface area (Å²) < 4.78 is 10.8. The number of ether oxygens (including phenoxy) is 2. The van der Waals surface area contributed by atoms with Crippen molar-refractivity contribution in [2.24, 2.45) is 0 Å². The van der Waals surface area contributed by atoms with Crippen LogP contribution in [0, 0.1) is 6.92 Å². The standard InChI is InChI=1S/C24H28N2O4/c1-16(2)30-15-7-14-26-23(27)21(18-10-12-19(29-4)13-11-18)22(24(26)28)25-20-9-6-5-8-17(20)3/h5-6,8-13,16,25H,7,14-15H2,1-4H3. The summed E-state index contributed by atoms with van der Waals surface area (Å²) in [5.41, 5.74) is 3.12. The fraction of sp³-hybridized carbons (Fsp3) is 0.333. The van der Waals surface area contributed by atoms with Crippen molar-refractivity contribution in [1.82, 2.24) is 4.90 Å². The van der Waals surface area contributed by atoms with Crippen LogP contribution in [0.15, 0.2) is 54.2 Å². The van der Waals surface area contributed by atoms with Crippen LogP contribution in [0.1, 0.15) is 31.4 Å². The number of nitrogens with one attached hydrogen (secondary N) is 1. The zero-order valence-electron chi connectivity index (χ0n) is 17.9. The summed E-state index contributed by atoms with van der Waals surface area (Å²) in [6.07, 6.45) is 0.699. The SMILES string of the molecule is COc1ccc(C2=C(Nc3ccccc3C)C(=O)N(CCCOC(C)C)C2=O)cc1. The van der Waals surface area contributed by atoms with Gasteiger partial charge in [0.15, 0.2) is 0 Å². The van der Waals surface area contributed by atoms with Crippen LogP contribution in [0.25, 0.3) is 5.57 Å². The third kappa shape index (κ3) is 4.71. The molecule has 2 amide bonds. The van der Waals surface area contributed by atoms with Crippen LogP contribution in [0.2, 0.25) is 0 Å². The number of imide groups is 1. The maximum Gasteiger partial charge on any atom is 0.278 e. The Morgan fingerprint density at radius 1 is 1.00 bits per heavy atom. The first-order valence-electron chi connectivity index (χ1n) is 10.1. The lowest BCUT2D eigenvalue weighted by Crippen LogP contribution is -2.34. The van der Waals surface area contributed by atoms with E-state index < -0.39 is 0 Å². The molecule has 3 rings (SSSR count). The lowest BCUT2D eigenvalue weighted by atomic mass is 10.0. The summed E-state index contributed by atoms with van der Waals surface area (Å²) in [6, 6.07) is 14.8. The molecular weight excluding hydrogens is 380 g/mol. The average Bonchev–Trinajstić information content (AvgIpc) is 2.96. The summed E-state index contributed by atoms with van der Waals surface area (Å²) >= 11 is 0. The van der Waals surface area contributed by atoms with Crippen molar-refractivity contribution >= 4 is 23.1 Å². The quantitative estimate of drug-likeness (QED) is 0.502. The monoisotopic (exact) mass is 408 g/mol. The van der Waals surface area contributed by atoms with E-state index in [1.807, 2.05) is 45.0 Å². The Labute approximate surface area is 177 Å². The number of para-hydroxylation sites is 1. The first-order chi connectivity index (χ1) is 14.4. The number of hydrogen-bond acceptors (Lipinski definition) is 5. The number of anilines is 1. The van der Waals surface area contributed by atoms with Gasteiger partial charge >= 0.3 is 0 Å². The molecule has 0 saturated heterocycles. The predicted octanol–water partition coefficient (Wildman–Crippen LogP) is 4.01. The Hall–Kier alpha value is -3.12. The van der Waals surface area contributed by atoms with Gasteiger partial charge in [-0.2, -0.15) is 0 Å². The molecule has 1 aliphatic heterocycles. The molecule has 1 heterocycles. The minimum Gasteiger partial charge on any atom is -0.497 e. The highest BCUT2D eigenvalue weighted by molar-refractivity contribution is 6.36. The van der Waals surface area contributed by atoms with Gasteiger partial charge in [0.2, 0.25) is 0 Å². The van der Waals surface area contributed by atoms with Crippen LogP contribution < -0.4 is 10.1 Å². The Bertz CT molecular complexity index is 948. The van der Waals surface area contributed by atoms with Gasteiger partial charge in [-0.05, 0) is 56.5 Å². The fourth-order valence-electron chi connectivity index (χ4n) is 3.31. The van der Waals surface area contributed by atoms with E-state index in [-0.39, 0.29) is 17.9 Å². The van der Waals surface area contributed by atoms with Crippen molar-refractivity contribution in [2.75, 3.05) is 25.6 Å². The molecule has 0 saturated carbocycles. The van der Waals surface area contributed by atoms with Gasteiger partial charge in [-0.3, -0.25) is 14.5 Å². The van der Waals surface area contributed by atoms with E-state index in [1.54, 1.807) is 31.4 Å². The first kappa shape index (κ1) is 21.6. The molecule has 30 heavy (non-hydrogen) atoms.